The first kappa shape index (κ1) is 20.9. The van der Waals surface area contributed by atoms with E-state index < -0.39 is 6.10 Å². The van der Waals surface area contributed by atoms with Gasteiger partial charge in [-0.15, -0.1) is 0 Å². The Morgan fingerprint density at radius 3 is 2.21 bits per heavy atom. The Morgan fingerprint density at radius 2 is 1.57 bits per heavy atom. The van der Waals surface area contributed by atoms with Crippen LogP contribution in [0.1, 0.15) is 62.7 Å². The molecule has 28 heavy (non-hydrogen) atoms. The maximum Gasteiger partial charge on any atom is 0.119 e. The van der Waals surface area contributed by atoms with Gasteiger partial charge >= 0.3 is 0 Å². The molecular weight excluding hydrogens is 346 g/mol. The molecule has 0 bridgehead atoms. The number of ether oxygens (including phenoxy) is 1. The molecule has 3 heteroatoms. The van der Waals surface area contributed by atoms with Crippen LogP contribution in [0.25, 0.3) is 0 Å². The first-order chi connectivity index (χ1) is 13.6. The summed E-state index contributed by atoms with van der Waals surface area (Å²) in [5.74, 6) is 1.60. The average Bonchev–Trinajstić information content (AvgIpc) is 2.73. The second-order valence-electron chi connectivity index (χ2n) is 8.42. The second-order valence-corrected chi connectivity index (χ2v) is 8.42. The minimum atomic E-state index is -0.519. The molecular formula is C25H35NO2. The van der Waals surface area contributed by atoms with Gasteiger partial charge in [0.05, 0.1) is 12.7 Å². The van der Waals surface area contributed by atoms with Crippen molar-refractivity contribution in [3.05, 3.63) is 65.7 Å². The van der Waals surface area contributed by atoms with Gasteiger partial charge in [-0.1, -0.05) is 62.7 Å². The number of piperidine rings is 1. The number of hydrogen-bond acceptors (Lipinski definition) is 3. The quantitative estimate of drug-likeness (QED) is 0.630. The van der Waals surface area contributed by atoms with Crippen LogP contribution in [0.5, 0.6) is 5.75 Å². The van der Waals surface area contributed by atoms with E-state index in [4.69, 9.17) is 4.74 Å². The van der Waals surface area contributed by atoms with Crippen molar-refractivity contribution >= 4 is 0 Å². The monoisotopic (exact) mass is 381 g/mol. The standard InChI is InChI=1S/C25H35NO2/c1-20(2)15-18-28-23-13-11-22(12-14-23)25(27)24(21-9-5-3-6-10-21)19-26-16-7-4-8-17-26/h3,5-6,9-14,20,24-25,27H,4,7-8,15-19H2,1-2H3/t24-,25+/m0/s1. The molecule has 1 saturated heterocycles. The normalized spacial score (nSPS) is 17.4. The molecule has 0 amide bonds. The van der Waals surface area contributed by atoms with E-state index in [0.717, 1.165) is 44.0 Å². The first-order valence-corrected chi connectivity index (χ1v) is 10.8. The molecule has 1 aliphatic rings. The van der Waals surface area contributed by atoms with E-state index in [9.17, 15) is 5.11 Å². The van der Waals surface area contributed by atoms with Crippen molar-refractivity contribution in [2.24, 2.45) is 5.92 Å². The van der Waals surface area contributed by atoms with Crippen LogP contribution in [0.15, 0.2) is 54.6 Å². The number of nitrogens with zero attached hydrogens (tertiary/aromatic N) is 1. The van der Waals surface area contributed by atoms with Gasteiger partial charge in [-0.05, 0) is 61.5 Å². The van der Waals surface area contributed by atoms with E-state index in [2.05, 4.69) is 43.0 Å². The molecule has 2 aromatic carbocycles. The van der Waals surface area contributed by atoms with Crippen molar-refractivity contribution in [1.29, 1.82) is 0 Å². The molecule has 1 heterocycles. The lowest BCUT2D eigenvalue weighted by Gasteiger charge is -2.33. The largest absolute Gasteiger partial charge is 0.494 e. The van der Waals surface area contributed by atoms with Crippen molar-refractivity contribution in [3.63, 3.8) is 0 Å². The van der Waals surface area contributed by atoms with Gasteiger partial charge in [0, 0.05) is 12.5 Å². The Labute approximate surface area is 170 Å². The third kappa shape index (κ3) is 6.08. The topological polar surface area (TPSA) is 32.7 Å². The zero-order valence-electron chi connectivity index (χ0n) is 17.4. The summed E-state index contributed by atoms with van der Waals surface area (Å²) in [6, 6.07) is 18.5. The number of rotatable bonds is 9. The number of hydrogen-bond donors (Lipinski definition) is 1. The molecule has 1 fully saturated rings. The maximum atomic E-state index is 11.2. The van der Waals surface area contributed by atoms with Crippen molar-refractivity contribution < 1.29 is 9.84 Å². The van der Waals surface area contributed by atoms with Crippen LogP contribution in [0, 0.1) is 5.92 Å². The summed E-state index contributed by atoms with van der Waals surface area (Å²) >= 11 is 0. The van der Waals surface area contributed by atoms with E-state index in [1.54, 1.807) is 0 Å². The maximum absolute atomic E-state index is 11.2. The zero-order valence-corrected chi connectivity index (χ0v) is 17.4. The van der Waals surface area contributed by atoms with Gasteiger partial charge in [0.25, 0.3) is 0 Å². The van der Waals surface area contributed by atoms with Gasteiger partial charge in [0.2, 0.25) is 0 Å². The highest BCUT2D eigenvalue weighted by atomic mass is 16.5. The highest BCUT2D eigenvalue weighted by molar-refractivity contribution is 5.32. The molecule has 3 nitrogen and oxygen atoms in total. The lowest BCUT2D eigenvalue weighted by molar-refractivity contribution is 0.109. The zero-order chi connectivity index (χ0) is 19.8. The van der Waals surface area contributed by atoms with Gasteiger partial charge in [0.1, 0.15) is 5.75 Å². The third-order valence-corrected chi connectivity index (χ3v) is 5.70. The molecule has 0 aromatic heterocycles. The highest BCUT2D eigenvalue weighted by Crippen LogP contribution is 2.33. The molecule has 0 spiro atoms. The predicted molar refractivity (Wildman–Crippen MR) is 116 cm³/mol. The van der Waals surface area contributed by atoms with Gasteiger partial charge in [-0.25, -0.2) is 0 Å². The SMILES string of the molecule is CC(C)CCOc1ccc([C@@H](O)[C@@H](CN2CCCCC2)c2ccccc2)cc1. The molecule has 1 N–H and O–H groups in total. The Kier molecular flexibility index (Phi) is 7.93. The summed E-state index contributed by atoms with van der Waals surface area (Å²) in [4.78, 5) is 2.51. The van der Waals surface area contributed by atoms with Crippen molar-refractivity contribution in [3.8, 4) is 5.75 Å². The first-order valence-electron chi connectivity index (χ1n) is 10.8. The molecule has 2 aromatic rings. The summed E-state index contributed by atoms with van der Waals surface area (Å²) in [7, 11) is 0. The van der Waals surface area contributed by atoms with Crippen LogP contribution in [-0.4, -0.2) is 36.2 Å². The van der Waals surface area contributed by atoms with E-state index in [0.29, 0.717) is 5.92 Å². The van der Waals surface area contributed by atoms with Crippen LogP contribution in [0.4, 0.5) is 0 Å². The summed E-state index contributed by atoms with van der Waals surface area (Å²) < 4.78 is 5.83. The van der Waals surface area contributed by atoms with Crippen LogP contribution >= 0.6 is 0 Å². The van der Waals surface area contributed by atoms with E-state index in [1.807, 2.05) is 30.3 Å². The van der Waals surface area contributed by atoms with Crippen LogP contribution in [0.2, 0.25) is 0 Å². The van der Waals surface area contributed by atoms with Gasteiger partial charge in [0.15, 0.2) is 0 Å². The summed E-state index contributed by atoms with van der Waals surface area (Å²) in [5.41, 5.74) is 2.17. The van der Waals surface area contributed by atoms with Crippen LogP contribution in [-0.2, 0) is 0 Å². The summed E-state index contributed by atoms with van der Waals surface area (Å²) in [6.07, 6.45) is 4.39. The fourth-order valence-corrected chi connectivity index (χ4v) is 3.91. The van der Waals surface area contributed by atoms with Crippen molar-refractivity contribution in [2.45, 2.75) is 51.6 Å². The number of aliphatic hydroxyl groups is 1. The minimum absolute atomic E-state index is 0.0759. The smallest absolute Gasteiger partial charge is 0.119 e. The number of likely N-dealkylation sites (tertiary alicyclic amines) is 1. The fourth-order valence-electron chi connectivity index (χ4n) is 3.91. The third-order valence-electron chi connectivity index (χ3n) is 5.70. The molecule has 0 saturated carbocycles. The lowest BCUT2D eigenvalue weighted by atomic mass is 9.88. The Hall–Kier alpha value is -1.84. The van der Waals surface area contributed by atoms with Gasteiger partial charge in [-0.2, -0.15) is 0 Å². The Bertz CT molecular complexity index is 677. The lowest BCUT2D eigenvalue weighted by Crippen LogP contribution is -2.35. The Morgan fingerprint density at radius 1 is 0.893 bits per heavy atom. The van der Waals surface area contributed by atoms with Crippen molar-refractivity contribution in [1.82, 2.24) is 4.90 Å². The predicted octanol–water partition coefficient (Wildman–Crippen LogP) is 5.41. The number of benzene rings is 2. The Balaban J connectivity index is 1.70. The van der Waals surface area contributed by atoms with Crippen LogP contribution in [0.3, 0.4) is 0 Å². The highest BCUT2D eigenvalue weighted by Gasteiger charge is 2.26. The summed E-state index contributed by atoms with van der Waals surface area (Å²) in [5, 5.41) is 11.2. The van der Waals surface area contributed by atoms with Gasteiger partial charge in [-0.3, -0.25) is 0 Å². The molecule has 0 unspecified atom stereocenters. The van der Waals surface area contributed by atoms with E-state index in [1.165, 1.54) is 24.8 Å². The molecule has 152 valence electrons. The molecule has 2 atom stereocenters. The van der Waals surface area contributed by atoms with Gasteiger partial charge < -0.3 is 14.7 Å². The summed E-state index contributed by atoms with van der Waals surface area (Å²) in [6.45, 7) is 8.32. The number of aliphatic hydroxyl groups excluding tert-OH is 1. The minimum Gasteiger partial charge on any atom is -0.494 e. The van der Waals surface area contributed by atoms with Crippen molar-refractivity contribution in [2.75, 3.05) is 26.2 Å². The van der Waals surface area contributed by atoms with E-state index >= 15 is 0 Å². The van der Waals surface area contributed by atoms with Crippen LogP contribution < -0.4 is 4.74 Å². The average molecular weight is 382 g/mol. The molecule has 1 aliphatic heterocycles. The molecule has 0 aliphatic carbocycles. The molecule has 0 radical (unpaired) electrons. The second kappa shape index (κ2) is 10.6. The van der Waals surface area contributed by atoms with E-state index in [-0.39, 0.29) is 5.92 Å². The molecule has 3 rings (SSSR count). The fraction of sp³-hybridized carbons (Fsp3) is 0.520.